The zero-order valence-corrected chi connectivity index (χ0v) is 15.1. The monoisotopic (exact) mass is 349 g/mol. The molecule has 1 aliphatic heterocycles. The van der Waals surface area contributed by atoms with Crippen LogP contribution in [0.1, 0.15) is 35.6 Å². The maximum absolute atomic E-state index is 13.6. The Morgan fingerprint density at radius 3 is 2.92 bits per heavy atom. The van der Waals surface area contributed by atoms with Gasteiger partial charge in [-0.15, -0.1) is 0 Å². The molecule has 2 heterocycles. The number of aryl methyl sites for hydroxylation is 1. The number of likely N-dealkylation sites (tertiary alicyclic amines) is 1. The number of hydrogen-bond acceptors (Lipinski definition) is 2. The van der Waals surface area contributed by atoms with Gasteiger partial charge in [0.05, 0.1) is 6.20 Å². The highest BCUT2D eigenvalue weighted by Gasteiger charge is 2.25. The Bertz CT molecular complexity index is 886. The van der Waals surface area contributed by atoms with Crippen LogP contribution in [0.4, 0.5) is 4.39 Å². The van der Waals surface area contributed by atoms with E-state index in [9.17, 15) is 4.39 Å². The van der Waals surface area contributed by atoms with Crippen molar-refractivity contribution in [1.29, 1.82) is 0 Å². The average Bonchev–Trinajstić information content (AvgIpc) is 3.14. The summed E-state index contributed by atoms with van der Waals surface area (Å²) in [5.74, 6) is 0.188. The van der Waals surface area contributed by atoms with Crippen LogP contribution in [0.3, 0.4) is 0 Å². The van der Waals surface area contributed by atoms with Crippen LogP contribution in [-0.4, -0.2) is 28.2 Å². The molecule has 0 radical (unpaired) electrons. The van der Waals surface area contributed by atoms with Crippen molar-refractivity contribution in [2.75, 3.05) is 13.1 Å². The molecule has 1 aromatic heterocycles. The zero-order valence-electron chi connectivity index (χ0n) is 15.1. The fourth-order valence-corrected chi connectivity index (χ4v) is 3.96. The van der Waals surface area contributed by atoms with Crippen molar-refractivity contribution in [3.05, 3.63) is 77.4 Å². The van der Waals surface area contributed by atoms with Gasteiger partial charge in [0.25, 0.3) is 0 Å². The molecule has 1 saturated heterocycles. The molecule has 0 amide bonds. The third-order valence-electron chi connectivity index (χ3n) is 5.37. The van der Waals surface area contributed by atoms with Crippen molar-refractivity contribution in [2.24, 2.45) is 0 Å². The van der Waals surface area contributed by atoms with Crippen molar-refractivity contribution in [3.63, 3.8) is 0 Å². The van der Waals surface area contributed by atoms with E-state index in [2.05, 4.69) is 46.3 Å². The lowest BCUT2D eigenvalue weighted by Gasteiger charge is -2.33. The van der Waals surface area contributed by atoms with E-state index in [4.69, 9.17) is 0 Å². The number of H-pyrrole nitrogens is 1. The van der Waals surface area contributed by atoms with Gasteiger partial charge in [0.1, 0.15) is 5.82 Å². The third-order valence-corrected chi connectivity index (χ3v) is 5.37. The minimum Gasteiger partial charge on any atom is -0.298 e. The van der Waals surface area contributed by atoms with Gasteiger partial charge in [0, 0.05) is 30.3 Å². The van der Waals surface area contributed by atoms with E-state index >= 15 is 0 Å². The van der Waals surface area contributed by atoms with E-state index < -0.39 is 0 Å². The van der Waals surface area contributed by atoms with Crippen molar-refractivity contribution >= 4 is 0 Å². The van der Waals surface area contributed by atoms with E-state index in [1.165, 1.54) is 17.2 Å². The second kappa shape index (κ2) is 7.42. The molecule has 0 bridgehead atoms. The van der Waals surface area contributed by atoms with Gasteiger partial charge < -0.3 is 0 Å². The summed E-state index contributed by atoms with van der Waals surface area (Å²) in [6, 6.07) is 15.4. The Morgan fingerprint density at radius 1 is 1.19 bits per heavy atom. The summed E-state index contributed by atoms with van der Waals surface area (Å²) in [6.45, 7) is 5.27. The number of rotatable bonds is 4. The lowest BCUT2D eigenvalue weighted by atomic mass is 9.90. The van der Waals surface area contributed by atoms with Gasteiger partial charge in [-0.25, -0.2) is 4.39 Å². The van der Waals surface area contributed by atoms with Crippen LogP contribution in [0.5, 0.6) is 0 Å². The normalized spacial score (nSPS) is 18.2. The van der Waals surface area contributed by atoms with Crippen molar-refractivity contribution in [3.8, 4) is 11.1 Å². The number of aromatic nitrogens is 2. The first-order chi connectivity index (χ1) is 12.7. The highest BCUT2D eigenvalue weighted by atomic mass is 19.1. The highest BCUT2D eigenvalue weighted by Crippen LogP contribution is 2.33. The molecular weight excluding hydrogens is 325 g/mol. The van der Waals surface area contributed by atoms with Gasteiger partial charge in [0.2, 0.25) is 0 Å². The first kappa shape index (κ1) is 17.0. The van der Waals surface area contributed by atoms with E-state index in [0.717, 1.165) is 49.3 Å². The van der Waals surface area contributed by atoms with E-state index in [1.54, 1.807) is 12.1 Å². The maximum Gasteiger partial charge on any atom is 0.123 e. The van der Waals surface area contributed by atoms with E-state index in [0.29, 0.717) is 5.92 Å². The molecule has 26 heavy (non-hydrogen) atoms. The molecule has 2 aromatic carbocycles. The molecule has 3 nitrogen and oxygen atoms in total. The second-order valence-corrected chi connectivity index (χ2v) is 7.21. The Hall–Kier alpha value is -2.46. The summed E-state index contributed by atoms with van der Waals surface area (Å²) in [7, 11) is 0. The van der Waals surface area contributed by atoms with Crippen LogP contribution in [-0.2, 0) is 6.54 Å². The molecule has 134 valence electrons. The van der Waals surface area contributed by atoms with E-state index in [-0.39, 0.29) is 5.82 Å². The highest BCUT2D eigenvalue weighted by molar-refractivity contribution is 5.65. The number of aromatic amines is 1. The number of benzene rings is 2. The molecule has 1 N–H and O–H groups in total. The molecule has 4 rings (SSSR count). The molecule has 0 spiro atoms. The van der Waals surface area contributed by atoms with Crippen LogP contribution in [0, 0.1) is 12.7 Å². The van der Waals surface area contributed by atoms with Crippen LogP contribution in [0.25, 0.3) is 11.1 Å². The average molecular weight is 349 g/mol. The summed E-state index contributed by atoms with van der Waals surface area (Å²) in [6.07, 6.45) is 4.12. The molecule has 1 aliphatic rings. The Morgan fingerprint density at radius 2 is 2.08 bits per heavy atom. The van der Waals surface area contributed by atoms with Gasteiger partial charge in [0.15, 0.2) is 0 Å². The fourth-order valence-electron chi connectivity index (χ4n) is 3.96. The molecule has 4 heteroatoms. The van der Waals surface area contributed by atoms with Gasteiger partial charge >= 0.3 is 0 Å². The molecule has 0 unspecified atom stereocenters. The van der Waals surface area contributed by atoms with Crippen LogP contribution < -0.4 is 0 Å². The molecule has 0 saturated carbocycles. The number of hydrogen-bond donors (Lipinski definition) is 1. The third kappa shape index (κ3) is 3.56. The summed E-state index contributed by atoms with van der Waals surface area (Å²) in [5, 5.41) is 7.45. The standard InChI is InChI=1S/C22H24FN3/c1-16-6-2-3-7-18(16)14-26-11-5-9-19(15-26)22-21(13-24-25-22)17-8-4-10-20(23)12-17/h2-4,6-8,10,12-13,19H,5,9,11,14-15H2,1H3,(H,24,25)/t19-/m0/s1. The van der Waals surface area contributed by atoms with Crippen molar-refractivity contribution in [1.82, 2.24) is 15.1 Å². The zero-order chi connectivity index (χ0) is 17.9. The van der Waals surface area contributed by atoms with Gasteiger partial charge in [-0.05, 0) is 55.1 Å². The molecule has 1 atom stereocenters. The van der Waals surface area contributed by atoms with Crippen molar-refractivity contribution < 1.29 is 4.39 Å². The number of piperidine rings is 1. The summed E-state index contributed by atoms with van der Waals surface area (Å²) >= 11 is 0. The number of nitrogens with one attached hydrogen (secondary N) is 1. The minimum absolute atomic E-state index is 0.209. The Kier molecular flexibility index (Phi) is 4.85. The van der Waals surface area contributed by atoms with Crippen molar-refractivity contribution in [2.45, 2.75) is 32.2 Å². The topological polar surface area (TPSA) is 31.9 Å². The first-order valence-electron chi connectivity index (χ1n) is 9.27. The maximum atomic E-state index is 13.6. The van der Waals surface area contributed by atoms with Gasteiger partial charge in [-0.1, -0.05) is 36.4 Å². The number of nitrogens with zero attached hydrogens (tertiary/aromatic N) is 2. The lowest BCUT2D eigenvalue weighted by molar-refractivity contribution is 0.198. The van der Waals surface area contributed by atoms with Crippen LogP contribution in [0.15, 0.2) is 54.7 Å². The van der Waals surface area contributed by atoms with Crippen LogP contribution in [0.2, 0.25) is 0 Å². The SMILES string of the molecule is Cc1ccccc1CN1CCC[C@H](c2[nH]ncc2-c2cccc(F)c2)C1. The molecular formula is C22H24FN3. The predicted octanol–water partition coefficient (Wildman–Crippen LogP) is 4.90. The lowest BCUT2D eigenvalue weighted by Crippen LogP contribution is -2.34. The molecule has 3 aromatic rings. The minimum atomic E-state index is -0.209. The second-order valence-electron chi connectivity index (χ2n) is 7.21. The largest absolute Gasteiger partial charge is 0.298 e. The quantitative estimate of drug-likeness (QED) is 0.726. The van der Waals surface area contributed by atoms with Gasteiger partial charge in [-0.3, -0.25) is 10.00 Å². The summed E-state index contributed by atoms with van der Waals surface area (Å²) in [4.78, 5) is 2.52. The summed E-state index contributed by atoms with van der Waals surface area (Å²) in [5.41, 5.74) is 5.78. The van der Waals surface area contributed by atoms with E-state index in [1.807, 2.05) is 12.3 Å². The number of halogens is 1. The van der Waals surface area contributed by atoms with Crippen LogP contribution >= 0.6 is 0 Å². The fraction of sp³-hybridized carbons (Fsp3) is 0.318. The first-order valence-corrected chi connectivity index (χ1v) is 9.27. The molecule has 1 fully saturated rings. The smallest absolute Gasteiger partial charge is 0.123 e. The van der Waals surface area contributed by atoms with Gasteiger partial charge in [-0.2, -0.15) is 5.10 Å². The Labute approximate surface area is 153 Å². The predicted molar refractivity (Wildman–Crippen MR) is 102 cm³/mol. The molecule has 0 aliphatic carbocycles. The summed E-state index contributed by atoms with van der Waals surface area (Å²) < 4.78 is 13.6. The Balaban J connectivity index is 1.54.